The van der Waals surface area contributed by atoms with Crippen molar-refractivity contribution in [2.24, 2.45) is 44.4 Å². The first-order valence-corrected chi connectivity index (χ1v) is 20.1. The molecule has 0 bridgehead atoms. The first-order valence-electron chi connectivity index (χ1n) is 20.1. The van der Waals surface area contributed by atoms with Crippen molar-refractivity contribution in [3.8, 4) is 5.75 Å². The molecule has 0 saturated heterocycles. The molecule has 0 heterocycles. The number of guanidine groups is 2. The van der Waals surface area contributed by atoms with Crippen LogP contribution >= 0.6 is 0 Å². The molecule has 334 valence electrons. The van der Waals surface area contributed by atoms with E-state index in [-0.39, 0.29) is 69.3 Å². The second kappa shape index (κ2) is 25.4. The molecular formula is C42H59N13O7. The van der Waals surface area contributed by atoms with Gasteiger partial charge in [0.15, 0.2) is 11.9 Å². The first kappa shape index (κ1) is 49.1. The van der Waals surface area contributed by atoms with Crippen LogP contribution in [-0.4, -0.2) is 102 Å². The van der Waals surface area contributed by atoms with E-state index in [0.29, 0.717) is 23.1 Å². The van der Waals surface area contributed by atoms with Gasteiger partial charge in [-0.3, -0.25) is 38.8 Å². The second-order valence-corrected chi connectivity index (χ2v) is 14.6. The van der Waals surface area contributed by atoms with Crippen LogP contribution in [0.1, 0.15) is 49.3 Å². The van der Waals surface area contributed by atoms with Crippen LogP contribution in [0.4, 0.5) is 0 Å². The summed E-state index contributed by atoms with van der Waals surface area (Å²) in [6.45, 7) is 1.74. The number of carbonyl (C=O) groups excluding carboxylic acids is 6. The Kier molecular flexibility index (Phi) is 20.1. The van der Waals surface area contributed by atoms with Gasteiger partial charge in [-0.15, -0.1) is 0 Å². The number of primary amides is 1. The fourth-order valence-corrected chi connectivity index (χ4v) is 6.16. The van der Waals surface area contributed by atoms with Gasteiger partial charge in [0.2, 0.25) is 35.4 Å². The Balaban J connectivity index is 1.85. The molecule has 0 aliphatic rings. The number of carbonyl (C=O) groups is 6. The predicted molar refractivity (Wildman–Crippen MR) is 234 cm³/mol. The zero-order valence-corrected chi connectivity index (χ0v) is 34.7. The summed E-state index contributed by atoms with van der Waals surface area (Å²) in [4.78, 5) is 88.9. The third kappa shape index (κ3) is 18.0. The fourth-order valence-electron chi connectivity index (χ4n) is 6.16. The topological polar surface area (TPSA) is 364 Å². The van der Waals surface area contributed by atoms with Crippen LogP contribution in [0.25, 0.3) is 0 Å². The maximum atomic E-state index is 14.2. The second-order valence-electron chi connectivity index (χ2n) is 14.6. The van der Waals surface area contributed by atoms with Crippen molar-refractivity contribution in [3.05, 3.63) is 102 Å². The molecule has 18 N–H and O–H groups in total. The van der Waals surface area contributed by atoms with E-state index in [1.165, 1.54) is 19.1 Å². The number of nitrogens with two attached hydrogens (primary N) is 6. The molecule has 0 aromatic heterocycles. The predicted octanol–water partition coefficient (Wildman–Crippen LogP) is -2.22. The van der Waals surface area contributed by atoms with Crippen molar-refractivity contribution in [2.45, 2.75) is 88.1 Å². The lowest BCUT2D eigenvalue weighted by Crippen LogP contribution is -2.60. The van der Waals surface area contributed by atoms with Gasteiger partial charge in [-0.25, -0.2) is 0 Å². The van der Waals surface area contributed by atoms with Gasteiger partial charge in [0, 0.05) is 25.9 Å². The SMILES string of the molecule is C[C@@H](NC(=O)[C@@H](N)Cc1ccc(O)cc1)C(=O)N[C@@H](Cc1ccccc1)C(=O)N[C@@H](Cc1ccccc1)C(=O)N[C@@H](CCCN=C(N)N)C(=O)N[C@@H](CCCN=C(N)N)C(N)=O. The van der Waals surface area contributed by atoms with E-state index in [1.807, 2.05) is 0 Å². The van der Waals surface area contributed by atoms with Gasteiger partial charge in [0.25, 0.3) is 0 Å². The number of hydrogen-bond donors (Lipinski definition) is 12. The van der Waals surface area contributed by atoms with E-state index in [1.54, 1.807) is 72.8 Å². The lowest BCUT2D eigenvalue weighted by Gasteiger charge is -2.27. The summed E-state index contributed by atoms with van der Waals surface area (Å²) < 4.78 is 0. The quantitative estimate of drug-likeness (QED) is 0.0245. The van der Waals surface area contributed by atoms with Crippen molar-refractivity contribution in [3.63, 3.8) is 0 Å². The number of phenolic OH excluding ortho intramolecular Hbond substituents is 1. The summed E-state index contributed by atoms with van der Waals surface area (Å²) in [5, 5.41) is 22.9. The highest BCUT2D eigenvalue weighted by Gasteiger charge is 2.32. The number of hydrogen-bond acceptors (Lipinski definition) is 10. The summed E-state index contributed by atoms with van der Waals surface area (Å²) in [6.07, 6.45) is 0.782. The molecule has 20 heteroatoms. The smallest absolute Gasteiger partial charge is 0.243 e. The normalized spacial score (nSPS) is 13.6. The van der Waals surface area contributed by atoms with Crippen LogP contribution in [0.3, 0.4) is 0 Å². The van der Waals surface area contributed by atoms with Crippen LogP contribution in [0, 0.1) is 0 Å². The molecule has 3 aromatic carbocycles. The van der Waals surface area contributed by atoms with Crippen molar-refractivity contribution < 1.29 is 33.9 Å². The van der Waals surface area contributed by atoms with Crippen molar-refractivity contribution in [2.75, 3.05) is 13.1 Å². The highest BCUT2D eigenvalue weighted by Crippen LogP contribution is 2.12. The molecule has 3 rings (SSSR count). The standard InChI is InChI=1S/C42H59N13O7/c1-25(51-37(59)30(43)22-28-16-18-29(56)19-17-28)36(58)54-33(23-26-10-4-2-5-11-26)40(62)55-34(24-27-12-6-3-7-13-27)39(61)53-32(15-9-21-50-42(47)48)38(60)52-31(35(44)57)14-8-20-49-41(45)46/h2-7,10-13,16-19,25,30-34,56H,8-9,14-15,20-24,43H2,1H3,(H2,44,57)(H,51,59)(H,52,60)(H,53,61)(H,54,58)(H,55,62)(H4,45,46,49)(H4,47,48,50)/t25-,30+,31+,32+,33+,34+/m1/s1. The highest BCUT2D eigenvalue weighted by atomic mass is 16.3. The molecule has 0 radical (unpaired) electrons. The molecule has 0 fully saturated rings. The van der Waals surface area contributed by atoms with Crippen LogP contribution in [0.15, 0.2) is 94.9 Å². The number of rotatable bonds is 25. The molecule has 0 aliphatic heterocycles. The van der Waals surface area contributed by atoms with Gasteiger partial charge in [-0.2, -0.15) is 0 Å². The Labute approximate surface area is 360 Å². The number of phenols is 1. The average molecular weight is 858 g/mol. The van der Waals surface area contributed by atoms with E-state index >= 15 is 0 Å². The summed E-state index contributed by atoms with van der Waals surface area (Å²) >= 11 is 0. The molecule has 0 spiro atoms. The van der Waals surface area contributed by atoms with Gasteiger partial charge in [0.1, 0.15) is 36.0 Å². The largest absolute Gasteiger partial charge is 0.508 e. The van der Waals surface area contributed by atoms with Gasteiger partial charge in [0.05, 0.1) is 6.04 Å². The monoisotopic (exact) mass is 857 g/mol. The minimum absolute atomic E-state index is 0.00658. The molecule has 0 aliphatic carbocycles. The summed E-state index contributed by atoms with van der Waals surface area (Å²) in [5.74, 6) is -4.59. The minimum Gasteiger partial charge on any atom is -0.508 e. The van der Waals surface area contributed by atoms with Gasteiger partial charge < -0.3 is 66.1 Å². The number of benzene rings is 3. The Morgan fingerprint density at radius 3 is 1.39 bits per heavy atom. The number of nitrogens with one attached hydrogen (secondary N) is 5. The number of aliphatic imine (C=N–C) groups is 2. The Morgan fingerprint density at radius 2 is 0.919 bits per heavy atom. The highest BCUT2D eigenvalue weighted by molar-refractivity contribution is 5.96. The zero-order chi connectivity index (χ0) is 45.6. The third-order valence-corrected chi connectivity index (χ3v) is 9.50. The Hall–Kier alpha value is -7.22. The summed E-state index contributed by atoms with van der Waals surface area (Å²) in [7, 11) is 0. The molecule has 62 heavy (non-hydrogen) atoms. The minimum atomic E-state index is -1.28. The van der Waals surface area contributed by atoms with E-state index < -0.39 is 71.7 Å². The van der Waals surface area contributed by atoms with Crippen LogP contribution in [0.5, 0.6) is 5.75 Å². The summed E-state index contributed by atoms with van der Waals surface area (Å²) in [5.41, 5.74) is 35.5. The maximum Gasteiger partial charge on any atom is 0.243 e. The molecule has 6 amide bonds. The van der Waals surface area contributed by atoms with Crippen LogP contribution in [-0.2, 0) is 48.0 Å². The van der Waals surface area contributed by atoms with E-state index in [2.05, 4.69) is 36.6 Å². The lowest BCUT2D eigenvalue weighted by atomic mass is 10.0. The van der Waals surface area contributed by atoms with Gasteiger partial charge in [-0.1, -0.05) is 72.8 Å². The van der Waals surface area contributed by atoms with Crippen molar-refractivity contribution in [1.82, 2.24) is 26.6 Å². The lowest BCUT2D eigenvalue weighted by molar-refractivity contribution is -0.135. The van der Waals surface area contributed by atoms with Crippen molar-refractivity contribution in [1.29, 1.82) is 0 Å². The molecule has 3 aromatic rings. The Morgan fingerprint density at radius 1 is 0.516 bits per heavy atom. The number of aromatic hydroxyl groups is 1. The van der Waals surface area contributed by atoms with Gasteiger partial charge >= 0.3 is 0 Å². The fraction of sp³-hybridized carbons (Fsp3) is 0.381. The van der Waals surface area contributed by atoms with Crippen LogP contribution in [0.2, 0.25) is 0 Å². The molecule has 20 nitrogen and oxygen atoms in total. The summed E-state index contributed by atoms with van der Waals surface area (Å²) in [6, 6.07) is 16.8. The molecule has 6 atom stereocenters. The van der Waals surface area contributed by atoms with E-state index in [4.69, 9.17) is 34.4 Å². The first-order chi connectivity index (χ1) is 29.5. The zero-order valence-electron chi connectivity index (χ0n) is 34.7. The third-order valence-electron chi connectivity index (χ3n) is 9.50. The van der Waals surface area contributed by atoms with E-state index in [9.17, 15) is 33.9 Å². The molecular weight excluding hydrogens is 799 g/mol. The number of nitrogens with zero attached hydrogens (tertiary/aromatic N) is 2. The van der Waals surface area contributed by atoms with Crippen LogP contribution < -0.4 is 61.0 Å². The molecule has 0 unspecified atom stereocenters. The average Bonchev–Trinajstić information content (AvgIpc) is 3.23. The molecule has 0 saturated carbocycles. The van der Waals surface area contributed by atoms with Crippen molar-refractivity contribution >= 4 is 47.4 Å². The maximum absolute atomic E-state index is 14.2. The Bertz CT molecular complexity index is 1990. The number of amides is 6. The van der Waals surface area contributed by atoms with E-state index in [0.717, 1.165) is 0 Å². The van der Waals surface area contributed by atoms with Gasteiger partial charge in [-0.05, 0) is 67.9 Å².